The molecule has 0 saturated carbocycles. The summed E-state index contributed by atoms with van der Waals surface area (Å²) in [5.41, 5.74) is -1.16. The fraction of sp³-hybridized carbons (Fsp3) is 0.500. The van der Waals surface area contributed by atoms with Crippen molar-refractivity contribution in [3.63, 3.8) is 0 Å². The summed E-state index contributed by atoms with van der Waals surface area (Å²) in [6.45, 7) is -0.130. The number of aliphatic hydroxyl groups excluding tert-OH is 1. The van der Waals surface area contributed by atoms with Crippen LogP contribution < -0.4 is 10.6 Å². The number of carbonyl (C=O) groups excluding carboxylic acids is 3. The number of amides is 2. The van der Waals surface area contributed by atoms with Gasteiger partial charge in [0.25, 0.3) is 5.91 Å². The summed E-state index contributed by atoms with van der Waals surface area (Å²) in [5, 5.41) is 19.2. The van der Waals surface area contributed by atoms with Crippen molar-refractivity contribution in [2.75, 3.05) is 27.3 Å². The topological polar surface area (TPSA) is 136 Å². The molecule has 0 aromatic rings. The second kappa shape index (κ2) is 9.52. The molecule has 2 aliphatic rings. The molecule has 1 spiro atoms. The van der Waals surface area contributed by atoms with E-state index in [2.05, 4.69) is 52.4 Å². The number of ether oxygens (including phenoxy) is 2. The van der Waals surface area contributed by atoms with Gasteiger partial charge >= 0.3 is 6.09 Å². The zero-order valence-electron chi connectivity index (χ0n) is 15.1. The third-order valence-electron chi connectivity index (χ3n) is 4.05. The van der Waals surface area contributed by atoms with Gasteiger partial charge in [0.2, 0.25) is 0 Å². The zero-order chi connectivity index (χ0) is 20.9. The van der Waals surface area contributed by atoms with Crippen molar-refractivity contribution in [3.8, 4) is 0 Å². The molecule has 10 nitrogen and oxygen atoms in total. The van der Waals surface area contributed by atoms with Crippen LogP contribution in [0.4, 0.5) is 4.79 Å². The Bertz CT molecular complexity index is 765. The number of nitrogens with zero attached hydrogens (tertiary/aromatic N) is 1. The number of hydrogen-bond donors (Lipinski definition) is 3. The van der Waals surface area contributed by atoms with E-state index in [4.69, 9.17) is 9.57 Å². The van der Waals surface area contributed by atoms with Gasteiger partial charge in [-0.3, -0.25) is 9.59 Å². The van der Waals surface area contributed by atoms with Crippen molar-refractivity contribution in [2.45, 2.75) is 24.5 Å². The van der Waals surface area contributed by atoms with Crippen molar-refractivity contribution in [2.24, 2.45) is 5.16 Å². The van der Waals surface area contributed by atoms with Gasteiger partial charge in [0.05, 0.1) is 29.7 Å². The summed E-state index contributed by atoms with van der Waals surface area (Å²) in [7, 11) is 2.65. The highest BCUT2D eigenvalue weighted by molar-refractivity contribution is 9.12. The molecule has 0 aromatic heterocycles. The highest BCUT2D eigenvalue weighted by atomic mass is 79.9. The van der Waals surface area contributed by atoms with E-state index in [0.29, 0.717) is 14.7 Å². The molecular formula is C16H19Br2N3O7. The van der Waals surface area contributed by atoms with Gasteiger partial charge in [-0.05, 0) is 37.9 Å². The second-order valence-corrected chi connectivity index (χ2v) is 7.64. The minimum absolute atomic E-state index is 0.0224. The van der Waals surface area contributed by atoms with Crippen molar-refractivity contribution in [1.29, 1.82) is 0 Å². The fourth-order valence-electron chi connectivity index (χ4n) is 2.57. The number of Topliss-reactive ketones (excluding diaryl/α,β-unsaturated/α-hetero) is 1. The normalized spacial score (nSPS) is 23.5. The first kappa shape index (κ1) is 22.4. The van der Waals surface area contributed by atoms with E-state index in [9.17, 15) is 19.5 Å². The minimum Gasteiger partial charge on any atom is -0.495 e. The molecule has 0 saturated heterocycles. The number of hydrogen-bond acceptors (Lipinski definition) is 8. The Labute approximate surface area is 177 Å². The summed E-state index contributed by atoms with van der Waals surface area (Å²) < 4.78 is 10.5. The maximum absolute atomic E-state index is 12.3. The van der Waals surface area contributed by atoms with Crippen LogP contribution in [0.5, 0.6) is 0 Å². The Balaban J connectivity index is 1.87. The van der Waals surface area contributed by atoms with Gasteiger partial charge in [-0.1, -0.05) is 5.16 Å². The van der Waals surface area contributed by atoms with Gasteiger partial charge in [0.1, 0.15) is 17.6 Å². The monoisotopic (exact) mass is 523 g/mol. The lowest BCUT2D eigenvalue weighted by atomic mass is 9.87. The number of nitrogens with one attached hydrogen (secondary N) is 2. The predicted molar refractivity (Wildman–Crippen MR) is 105 cm³/mol. The third kappa shape index (κ3) is 4.92. The van der Waals surface area contributed by atoms with Crippen LogP contribution in [0.1, 0.15) is 12.8 Å². The van der Waals surface area contributed by atoms with Gasteiger partial charge in [-0.25, -0.2) is 4.79 Å². The average Bonchev–Trinajstić information content (AvgIpc) is 3.09. The molecule has 2 atom stereocenters. The quantitative estimate of drug-likeness (QED) is 0.449. The Kier molecular flexibility index (Phi) is 7.61. The van der Waals surface area contributed by atoms with Crippen LogP contribution in [-0.4, -0.2) is 67.6 Å². The first-order valence-corrected chi connectivity index (χ1v) is 9.70. The number of carbonyl (C=O) groups is 3. The van der Waals surface area contributed by atoms with Gasteiger partial charge in [0, 0.05) is 19.4 Å². The van der Waals surface area contributed by atoms with Crippen molar-refractivity contribution in [1.82, 2.24) is 10.6 Å². The first-order valence-electron chi connectivity index (χ1n) is 8.11. The lowest BCUT2D eigenvalue weighted by Crippen LogP contribution is -2.45. The number of methoxy groups -OCH3 is 2. The van der Waals surface area contributed by atoms with Crippen LogP contribution >= 0.6 is 31.9 Å². The van der Waals surface area contributed by atoms with Crippen LogP contribution in [0, 0.1) is 0 Å². The Morgan fingerprint density at radius 1 is 1.36 bits per heavy atom. The van der Waals surface area contributed by atoms with Crippen LogP contribution in [0.25, 0.3) is 0 Å². The van der Waals surface area contributed by atoms with Crippen molar-refractivity contribution in [3.05, 3.63) is 20.8 Å². The smallest absolute Gasteiger partial charge is 0.407 e. The van der Waals surface area contributed by atoms with Crippen molar-refractivity contribution < 1.29 is 33.8 Å². The van der Waals surface area contributed by atoms with Gasteiger partial charge < -0.3 is 30.1 Å². The van der Waals surface area contributed by atoms with Crippen molar-refractivity contribution >= 4 is 55.4 Å². The van der Waals surface area contributed by atoms with Crippen LogP contribution in [0.15, 0.2) is 26.0 Å². The molecule has 1 heterocycles. The van der Waals surface area contributed by atoms with Gasteiger partial charge in [-0.2, -0.15) is 0 Å². The predicted octanol–water partition coefficient (Wildman–Crippen LogP) is 0.839. The molecule has 0 aromatic carbocycles. The highest BCUT2D eigenvalue weighted by Crippen LogP contribution is 2.43. The fourth-order valence-corrected chi connectivity index (χ4v) is 4.36. The molecular weight excluding hydrogens is 506 g/mol. The molecule has 154 valence electrons. The number of aliphatic hydroxyl groups is 1. The van der Waals surface area contributed by atoms with E-state index in [0.717, 1.165) is 0 Å². The van der Waals surface area contributed by atoms with E-state index in [1.165, 1.54) is 14.2 Å². The lowest BCUT2D eigenvalue weighted by molar-refractivity contribution is -0.118. The molecule has 0 radical (unpaired) electrons. The zero-order valence-corrected chi connectivity index (χ0v) is 18.3. The molecule has 12 heteroatoms. The lowest BCUT2D eigenvalue weighted by Gasteiger charge is -2.33. The van der Waals surface area contributed by atoms with Crippen LogP contribution in [0.3, 0.4) is 0 Å². The standard InChI is InChI=1S/C16H19Br2N3O7/c1-26-12-9(17)5-16(13(23)11(12)18)6-10(21-28-16)14(24)19-4-3-8(22)7-20-15(25)27-2/h5,13,23H,3-4,6-7H2,1-2H3,(H,19,24)(H,20,25)/t13-,16+/m0/s1. The van der Waals surface area contributed by atoms with Crippen LogP contribution in [0.2, 0.25) is 0 Å². The first-order chi connectivity index (χ1) is 13.2. The number of oxime groups is 1. The highest BCUT2D eigenvalue weighted by Gasteiger charge is 2.50. The van der Waals surface area contributed by atoms with Gasteiger partial charge in [0.15, 0.2) is 11.4 Å². The summed E-state index contributed by atoms with van der Waals surface area (Å²) in [6.07, 6.45) is -0.188. The molecule has 28 heavy (non-hydrogen) atoms. The summed E-state index contributed by atoms with van der Waals surface area (Å²) in [5.74, 6) is -0.374. The molecule has 1 aliphatic heterocycles. The van der Waals surface area contributed by atoms with E-state index < -0.39 is 23.7 Å². The summed E-state index contributed by atoms with van der Waals surface area (Å²) in [6, 6.07) is 0. The van der Waals surface area contributed by atoms with E-state index in [-0.39, 0.29) is 37.4 Å². The number of allylic oxidation sites excluding steroid dienone is 1. The van der Waals surface area contributed by atoms with E-state index in [1.807, 2.05) is 0 Å². The summed E-state index contributed by atoms with van der Waals surface area (Å²) >= 11 is 6.62. The maximum Gasteiger partial charge on any atom is 0.407 e. The number of alkyl carbamates (subject to hydrolysis) is 1. The number of halogens is 2. The molecule has 1 aliphatic carbocycles. The summed E-state index contributed by atoms with van der Waals surface area (Å²) in [4.78, 5) is 40.2. The Morgan fingerprint density at radius 2 is 2.07 bits per heavy atom. The third-order valence-corrected chi connectivity index (χ3v) is 5.43. The largest absolute Gasteiger partial charge is 0.495 e. The Morgan fingerprint density at radius 3 is 2.71 bits per heavy atom. The number of rotatable bonds is 7. The second-order valence-electron chi connectivity index (χ2n) is 5.93. The molecule has 0 unspecified atom stereocenters. The molecule has 0 fully saturated rings. The molecule has 2 amide bonds. The maximum atomic E-state index is 12.3. The SMILES string of the molecule is COC(=O)NCC(=O)CCNC(=O)C1=NO[C@]2(C=C(Br)C(OC)=C(Br)[C@@H]2O)C1. The van der Waals surface area contributed by atoms with E-state index in [1.54, 1.807) is 6.08 Å². The minimum atomic E-state index is -1.24. The van der Waals surface area contributed by atoms with Gasteiger partial charge in [-0.15, -0.1) is 0 Å². The van der Waals surface area contributed by atoms with E-state index >= 15 is 0 Å². The molecule has 3 N–H and O–H groups in total. The molecule has 0 bridgehead atoms. The number of ketones is 1. The average molecular weight is 525 g/mol. The Hall–Kier alpha value is -1.92. The molecule has 2 rings (SSSR count). The van der Waals surface area contributed by atoms with Crippen LogP contribution in [-0.2, 0) is 23.9 Å².